The van der Waals surface area contributed by atoms with E-state index in [2.05, 4.69) is 22.3 Å². The number of amidine groups is 1. The number of likely N-dealkylation sites (tertiary alicyclic amines) is 1. The molecule has 32 heavy (non-hydrogen) atoms. The minimum atomic E-state index is -1.00. The number of hydrogen-bond acceptors (Lipinski definition) is 5. The van der Waals surface area contributed by atoms with Gasteiger partial charge in [0.25, 0.3) is 0 Å². The van der Waals surface area contributed by atoms with E-state index in [-0.39, 0.29) is 23.6 Å². The molecule has 1 aromatic rings. The van der Waals surface area contributed by atoms with Gasteiger partial charge in [-0.25, -0.2) is 0 Å². The maximum atomic E-state index is 13.6. The summed E-state index contributed by atoms with van der Waals surface area (Å²) < 4.78 is 0. The minimum Gasteiger partial charge on any atom is -0.393 e. The van der Waals surface area contributed by atoms with Crippen LogP contribution < -0.4 is 11.1 Å². The molecule has 2 aliphatic heterocycles. The summed E-state index contributed by atoms with van der Waals surface area (Å²) in [6.07, 6.45) is 11.6. The van der Waals surface area contributed by atoms with Crippen molar-refractivity contribution in [2.75, 3.05) is 31.5 Å². The molecule has 2 atom stereocenters. The summed E-state index contributed by atoms with van der Waals surface area (Å²) in [5.41, 5.74) is 8.20. The quantitative estimate of drug-likeness (QED) is 0.285. The van der Waals surface area contributed by atoms with Gasteiger partial charge in [0.05, 0.1) is 6.10 Å². The number of Topliss-reactive ketones (excluding diaryl/α,β-unsaturated/α-hetero) is 1. The van der Waals surface area contributed by atoms with Gasteiger partial charge in [-0.15, -0.1) is 0 Å². The minimum absolute atomic E-state index is 0.00343. The van der Waals surface area contributed by atoms with Crippen LogP contribution in [0.4, 0.5) is 5.69 Å². The predicted molar refractivity (Wildman–Crippen MR) is 129 cm³/mol. The lowest BCUT2D eigenvalue weighted by Gasteiger charge is -2.35. The van der Waals surface area contributed by atoms with Gasteiger partial charge < -0.3 is 21.1 Å². The van der Waals surface area contributed by atoms with Crippen molar-refractivity contribution in [2.24, 2.45) is 17.1 Å². The number of nitrogens with zero attached hydrogens (tertiary/aromatic N) is 1. The van der Waals surface area contributed by atoms with Gasteiger partial charge in [-0.2, -0.15) is 0 Å². The number of carbonyl (C=O) groups excluding carboxylic acids is 1. The lowest BCUT2D eigenvalue weighted by Crippen LogP contribution is -2.46. The Kier molecular flexibility index (Phi) is 7.11. The molecule has 0 amide bonds. The second-order valence-electron chi connectivity index (χ2n) is 9.52. The molecule has 6 heteroatoms. The lowest BCUT2D eigenvalue weighted by molar-refractivity contribution is -0.120. The van der Waals surface area contributed by atoms with Gasteiger partial charge in [-0.3, -0.25) is 10.2 Å². The van der Waals surface area contributed by atoms with E-state index in [1.807, 2.05) is 30.4 Å². The Balaban J connectivity index is 1.34. The number of unbranched alkanes of at least 4 members (excludes halogenated alkanes) is 2. The fourth-order valence-electron chi connectivity index (χ4n) is 5.31. The molecule has 1 aliphatic carbocycles. The van der Waals surface area contributed by atoms with Crippen molar-refractivity contribution in [3.8, 4) is 0 Å². The van der Waals surface area contributed by atoms with Crippen molar-refractivity contribution in [3.63, 3.8) is 0 Å². The maximum absolute atomic E-state index is 13.6. The number of para-hydroxylation sites is 1. The van der Waals surface area contributed by atoms with Crippen LogP contribution in [0.2, 0.25) is 0 Å². The number of carbonyl (C=O) groups is 1. The Morgan fingerprint density at radius 2 is 2.00 bits per heavy atom. The van der Waals surface area contributed by atoms with Crippen LogP contribution >= 0.6 is 0 Å². The lowest BCUT2D eigenvalue weighted by atomic mass is 9.69. The van der Waals surface area contributed by atoms with E-state index < -0.39 is 5.41 Å². The number of allylic oxidation sites excluding steroid dienone is 2. The molecule has 3 aliphatic rings. The van der Waals surface area contributed by atoms with E-state index in [0.29, 0.717) is 6.42 Å². The molecular weight excluding hydrogens is 400 g/mol. The number of aliphatic hydroxyl groups is 1. The number of ketones is 1. The largest absolute Gasteiger partial charge is 0.393 e. The van der Waals surface area contributed by atoms with Gasteiger partial charge in [-0.05, 0) is 50.3 Å². The molecule has 0 spiro atoms. The average Bonchev–Trinajstić information content (AvgIpc) is 2.80. The molecule has 6 nitrogen and oxygen atoms in total. The van der Waals surface area contributed by atoms with Crippen LogP contribution in [0, 0.1) is 16.7 Å². The SMILES string of the molecule is N=C(N)C1(CCCCCN2CCC(O)CC2)C=CC=C(C2CNc3ccccc3C2)C1=O. The van der Waals surface area contributed by atoms with Crippen molar-refractivity contribution in [1.29, 1.82) is 5.41 Å². The van der Waals surface area contributed by atoms with Crippen molar-refractivity contribution in [2.45, 2.75) is 51.0 Å². The summed E-state index contributed by atoms with van der Waals surface area (Å²) in [6.45, 7) is 3.68. The third-order valence-electron chi connectivity index (χ3n) is 7.37. The maximum Gasteiger partial charge on any atom is 0.176 e. The van der Waals surface area contributed by atoms with Gasteiger partial charge in [0.15, 0.2) is 5.78 Å². The van der Waals surface area contributed by atoms with E-state index in [1.54, 1.807) is 0 Å². The molecule has 0 bridgehead atoms. The summed E-state index contributed by atoms with van der Waals surface area (Å²) in [5, 5.41) is 21.4. The smallest absolute Gasteiger partial charge is 0.176 e. The van der Waals surface area contributed by atoms with Crippen molar-refractivity contribution in [1.82, 2.24) is 4.90 Å². The number of nitrogens with one attached hydrogen (secondary N) is 2. The highest BCUT2D eigenvalue weighted by atomic mass is 16.3. The van der Waals surface area contributed by atoms with Gasteiger partial charge in [0.1, 0.15) is 11.3 Å². The van der Waals surface area contributed by atoms with E-state index in [0.717, 1.165) is 76.0 Å². The van der Waals surface area contributed by atoms with Crippen LogP contribution in [-0.4, -0.2) is 53.9 Å². The Labute approximate surface area is 191 Å². The first-order chi connectivity index (χ1) is 15.5. The Hall–Kier alpha value is -2.44. The predicted octanol–water partition coefficient (Wildman–Crippen LogP) is 3.28. The van der Waals surface area contributed by atoms with Crippen LogP contribution in [0.15, 0.2) is 48.1 Å². The standard InChI is InChI=1S/C26H36N4O2/c27-25(28)26(12-4-1-5-14-30-15-10-21(31)11-16-30)13-6-8-22(24(26)32)20-17-19-7-2-3-9-23(19)29-18-20/h2-3,6-9,13,20-21,29,31H,1,4-5,10-12,14-18H2,(H3,27,28). The zero-order chi connectivity index (χ0) is 22.6. The van der Waals surface area contributed by atoms with Gasteiger partial charge >= 0.3 is 0 Å². The topological polar surface area (TPSA) is 102 Å². The zero-order valence-corrected chi connectivity index (χ0v) is 18.9. The van der Waals surface area contributed by atoms with Crippen LogP contribution in [0.3, 0.4) is 0 Å². The molecule has 1 aromatic carbocycles. The molecule has 0 radical (unpaired) electrons. The average molecular weight is 437 g/mol. The summed E-state index contributed by atoms with van der Waals surface area (Å²) in [4.78, 5) is 16.1. The molecule has 172 valence electrons. The number of anilines is 1. The van der Waals surface area contributed by atoms with Crippen molar-refractivity contribution < 1.29 is 9.90 Å². The van der Waals surface area contributed by atoms with Crippen molar-refractivity contribution >= 4 is 17.3 Å². The molecule has 1 saturated heterocycles. The van der Waals surface area contributed by atoms with E-state index >= 15 is 0 Å². The summed E-state index contributed by atoms with van der Waals surface area (Å²) in [6, 6.07) is 8.25. The monoisotopic (exact) mass is 436 g/mol. The molecule has 1 fully saturated rings. The molecule has 2 heterocycles. The number of aliphatic hydroxyl groups excluding tert-OH is 1. The Bertz CT molecular complexity index is 901. The number of benzene rings is 1. The number of fused-ring (bicyclic) bond motifs is 1. The van der Waals surface area contributed by atoms with Gasteiger partial charge in [0.2, 0.25) is 0 Å². The third-order valence-corrected chi connectivity index (χ3v) is 7.37. The number of nitrogens with two attached hydrogens (primary N) is 1. The second kappa shape index (κ2) is 10.0. The highest BCUT2D eigenvalue weighted by Crippen LogP contribution is 2.38. The van der Waals surface area contributed by atoms with Crippen LogP contribution in [-0.2, 0) is 11.2 Å². The van der Waals surface area contributed by atoms with Gasteiger partial charge in [-0.1, -0.05) is 49.3 Å². The van der Waals surface area contributed by atoms with E-state index in [9.17, 15) is 9.90 Å². The first-order valence-electron chi connectivity index (χ1n) is 12.0. The Morgan fingerprint density at radius 3 is 2.78 bits per heavy atom. The summed E-state index contributed by atoms with van der Waals surface area (Å²) >= 11 is 0. The van der Waals surface area contributed by atoms with Crippen LogP contribution in [0.1, 0.15) is 44.1 Å². The molecule has 4 rings (SSSR count). The fourth-order valence-corrected chi connectivity index (χ4v) is 5.31. The second-order valence-corrected chi connectivity index (χ2v) is 9.52. The first kappa shape index (κ1) is 22.7. The number of rotatable bonds is 8. The fraction of sp³-hybridized carbons (Fsp3) is 0.538. The Morgan fingerprint density at radius 1 is 1.22 bits per heavy atom. The zero-order valence-electron chi connectivity index (χ0n) is 18.9. The van der Waals surface area contributed by atoms with Crippen molar-refractivity contribution in [3.05, 3.63) is 53.6 Å². The van der Waals surface area contributed by atoms with Gasteiger partial charge in [0, 0.05) is 36.8 Å². The molecule has 0 aromatic heterocycles. The number of hydrogen-bond donors (Lipinski definition) is 4. The van der Waals surface area contributed by atoms with Crippen LogP contribution in [0.5, 0.6) is 0 Å². The summed E-state index contributed by atoms with van der Waals surface area (Å²) in [7, 11) is 0. The van der Waals surface area contributed by atoms with E-state index in [1.165, 1.54) is 5.56 Å². The summed E-state index contributed by atoms with van der Waals surface area (Å²) in [5.74, 6) is 0.0535. The molecule has 0 saturated carbocycles. The number of piperidine rings is 1. The third kappa shape index (κ3) is 4.81. The first-order valence-corrected chi connectivity index (χ1v) is 12.0. The molecule has 5 N–H and O–H groups in total. The normalized spacial score (nSPS) is 26.3. The molecular formula is C26H36N4O2. The highest BCUT2D eigenvalue weighted by molar-refractivity contribution is 6.17. The molecule has 2 unspecified atom stereocenters. The highest BCUT2D eigenvalue weighted by Gasteiger charge is 2.43. The van der Waals surface area contributed by atoms with Crippen LogP contribution in [0.25, 0.3) is 0 Å². The van der Waals surface area contributed by atoms with E-state index in [4.69, 9.17) is 11.1 Å².